The SMILES string of the molecule is Cc1ccccc1.Nc1nc2ccc(O)cc2n1-c1ccc(Cl)cc1.Nc1nc2ccc(O)cc2n1-c1ccc(Cl)cc1. The smallest absolute Gasteiger partial charge is 0.205 e. The molecule has 0 bridgehead atoms. The molecule has 7 rings (SSSR count). The van der Waals surface area contributed by atoms with Crippen LogP contribution in [0, 0.1) is 6.92 Å². The van der Waals surface area contributed by atoms with Crippen LogP contribution in [0.4, 0.5) is 11.9 Å². The molecule has 0 amide bonds. The molecular weight excluding hydrogens is 583 g/mol. The second-order valence-electron chi connectivity index (χ2n) is 9.56. The molecule has 10 heteroatoms. The predicted octanol–water partition coefficient (Wildman–Crippen LogP) is 7.93. The quantitative estimate of drug-likeness (QED) is 0.157. The molecule has 0 atom stereocenters. The molecule has 0 saturated heterocycles. The Balaban J connectivity index is 0.000000141. The van der Waals surface area contributed by atoms with Gasteiger partial charge >= 0.3 is 0 Å². The number of benzene rings is 5. The van der Waals surface area contributed by atoms with Gasteiger partial charge in [-0.05, 0) is 79.7 Å². The first kappa shape index (κ1) is 29.3. The van der Waals surface area contributed by atoms with E-state index in [9.17, 15) is 10.2 Å². The summed E-state index contributed by atoms with van der Waals surface area (Å²) in [6.45, 7) is 2.08. The van der Waals surface area contributed by atoms with Crippen molar-refractivity contribution in [2.24, 2.45) is 0 Å². The Morgan fingerprint density at radius 3 is 1.30 bits per heavy atom. The van der Waals surface area contributed by atoms with Gasteiger partial charge in [-0.3, -0.25) is 9.13 Å². The number of aryl methyl sites for hydroxylation is 1. The van der Waals surface area contributed by atoms with E-state index in [0.29, 0.717) is 21.9 Å². The van der Waals surface area contributed by atoms with E-state index >= 15 is 0 Å². The lowest BCUT2D eigenvalue weighted by Gasteiger charge is -2.06. The number of imidazole rings is 2. The Labute approximate surface area is 258 Å². The normalized spacial score (nSPS) is 10.6. The van der Waals surface area contributed by atoms with E-state index in [-0.39, 0.29) is 11.5 Å². The van der Waals surface area contributed by atoms with Gasteiger partial charge in [0.1, 0.15) is 11.5 Å². The lowest BCUT2D eigenvalue weighted by molar-refractivity contribution is 0.475. The van der Waals surface area contributed by atoms with Crippen LogP contribution in [0.1, 0.15) is 5.56 Å². The van der Waals surface area contributed by atoms with Gasteiger partial charge in [0.15, 0.2) is 0 Å². The number of hydrogen-bond acceptors (Lipinski definition) is 6. The fourth-order valence-electron chi connectivity index (χ4n) is 4.42. The number of anilines is 2. The van der Waals surface area contributed by atoms with E-state index < -0.39 is 0 Å². The summed E-state index contributed by atoms with van der Waals surface area (Å²) in [7, 11) is 0. The third kappa shape index (κ3) is 6.83. The molecule has 0 aliphatic heterocycles. The number of hydrogen-bond donors (Lipinski definition) is 4. The molecule has 6 N–H and O–H groups in total. The lowest BCUT2D eigenvalue weighted by Crippen LogP contribution is -2.00. The maximum Gasteiger partial charge on any atom is 0.205 e. The van der Waals surface area contributed by atoms with E-state index in [1.54, 1.807) is 69.8 Å². The van der Waals surface area contributed by atoms with E-state index in [1.807, 2.05) is 42.5 Å². The first-order valence-electron chi connectivity index (χ1n) is 13.2. The first-order valence-corrected chi connectivity index (χ1v) is 13.9. The largest absolute Gasteiger partial charge is 0.508 e. The number of phenols is 2. The number of phenolic OH excluding ortho intramolecular Hbond substituents is 2. The number of rotatable bonds is 2. The Bertz CT molecular complexity index is 1860. The molecule has 43 heavy (non-hydrogen) atoms. The molecule has 0 unspecified atom stereocenters. The first-order chi connectivity index (χ1) is 20.7. The highest BCUT2D eigenvalue weighted by Gasteiger charge is 2.11. The summed E-state index contributed by atoms with van der Waals surface area (Å²) in [5.74, 6) is 1.10. The van der Waals surface area contributed by atoms with Crippen LogP contribution in [-0.4, -0.2) is 29.3 Å². The van der Waals surface area contributed by atoms with Gasteiger partial charge in [-0.1, -0.05) is 59.1 Å². The van der Waals surface area contributed by atoms with Crippen LogP contribution in [0.25, 0.3) is 33.4 Å². The van der Waals surface area contributed by atoms with E-state index in [2.05, 4.69) is 29.0 Å². The zero-order valence-electron chi connectivity index (χ0n) is 23.1. The van der Waals surface area contributed by atoms with Crippen molar-refractivity contribution in [2.45, 2.75) is 6.92 Å². The van der Waals surface area contributed by atoms with Crippen molar-refractivity contribution in [1.29, 1.82) is 0 Å². The third-order valence-electron chi connectivity index (χ3n) is 6.44. The molecule has 0 saturated carbocycles. The van der Waals surface area contributed by atoms with Crippen molar-refractivity contribution in [3.63, 3.8) is 0 Å². The monoisotopic (exact) mass is 610 g/mol. The van der Waals surface area contributed by atoms with Gasteiger partial charge in [0.25, 0.3) is 0 Å². The molecule has 5 aromatic carbocycles. The number of aromatic nitrogens is 4. The number of nitrogens with two attached hydrogens (primary N) is 2. The molecule has 0 spiro atoms. The highest BCUT2D eigenvalue weighted by molar-refractivity contribution is 6.30. The molecule has 8 nitrogen and oxygen atoms in total. The van der Waals surface area contributed by atoms with Gasteiger partial charge in [0.2, 0.25) is 11.9 Å². The summed E-state index contributed by atoms with van der Waals surface area (Å²) in [5.41, 5.74) is 17.8. The van der Waals surface area contributed by atoms with Crippen LogP contribution >= 0.6 is 23.2 Å². The fraction of sp³-hybridized carbons (Fsp3) is 0.0303. The Hall–Kier alpha value is -5.18. The minimum atomic E-state index is 0.178. The summed E-state index contributed by atoms with van der Waals surface area (Å²) < 4.78 is 3.54. The van der Waals surface area contributed by atoms with Crippen molar-refractivity contribution in [1.82, 2.24) is 19.1 Å². The molecule has 0 fully saturated rings. The molecule has 2 heterocycles. The Morgan fingerprint density at radius 1 is 0.558 bits per heavy atom. The number of nitrogens with zero attached hydrogens (tertiary/aromatic N) is 4. The molecular formula is C33H28Cl2N6O2. The van der Waals surface area contributed by atoms with Crippen LogP contribution in [0.3, 0.4) is 0 Å². The number of nitrogen functional groups attached to an aromatic ring is 2. The summed E-state index contributed by atoms with van der Waals surface area (Å²) in [5, 5.41) is 20.4. The van der Waals surface area contributed by atoms with Crippen LogP contribution in [0.2, 0.25) is 10.0 Å². The van der Waals surface area contributed by atoms with Crippen molar-refractivity contribution >= 4 is 57.2 Å². The Kier molecular flexibility index (Phi) is 8.71. The minimum Gasteiger partial charge on any atom is -0.508 e. The average molecular weight is 612 g/mol. The molecule has 0 radical (unpaired) electrons. The van der Waals surface area contributed by atoms with Crippen LogP contribution in [-0.2, 0) is 0 Å². The summed E-state index contributed by atoms with van der Waals surface area (Å²) in [4.78, 5) is 8.50. The number of halogens is 2. The third-order valence-corrected chi connectivity index (χ3v) is 6.94. The van der Waals surface area contributed by atoms with Gasteiger partial charge in [0.05, 0.1) is 22.1 Å². The van der Waals surface area contributed by atoms with Crippen molar-refractivity contribution in [3.8, 4) is 22.9 Å². The average Bonchev–Trinajstić information content (AvgIpc) is 3.49. The second-order valence-corrected chi connectivity index (χ2v) is 10.4. The lowest BCUT2D eigenvalue weighted by atomic mass is 10.2. The van der Waals surface area contributed by atoms with E-state index in [4.69, 9.17) is 34.7 Å². The van der Waals surface area contributed by atoms with Crippen molar-refractivity contribution in [2.75, 3.05) is 11.5 Å². The van der Waals surface area contributed by atoms with Crippen LogP contribution in [0.15, 0.2) is 115 Å². The van der Waals surface area contributed by atoms with Gasteiger partial charge in [-0.2, -0.15) is 0 Å². The zero-order valence-corrected chi connectivity index (χ0v) is 24.6. The second kappa shape index (κ2) is 12.8. The standard InChI is InChI=1S/2C13H10ClN3O.C7H8/c2*14-8-1-3-9(4-2-8)17-12-7-10(18)5-6-11(12)16-13(17)15;1-7-5-3-2-4-6-7/h2*1-7,18H,(H2,15,16);2-6H,1H3. The van der Waals surface area contributed by atoms with Crippen LogP contribution < -0.4 is 11.5 Å². The maximum absolute atomic E-state index is 9.55. The van der Waals surface area contributed by atoms with E-state index in [0.717, 1.165) is 33.4 Å². The molecule has 0 aliphatic carbocycles. The van der Waals surface area contributed by atoms with Gasteiger partial charge in [0, 0.05) is 33.6 Å². The zero-order chi connectivity index (χ0) is 30.5. The molecule has 7 aromatic rings. The van der Waals surface area contributed by atoms with E-state index in [1.165, 1.54) is 5.56 Å². The van der Waals surface area contributed by atoms with Gasteiger partial charge < -0.3 is 21.7 Å². The summed E-state index contributed by atoms with van der Waals surface area (Å²) in [6, 6.07) is 34.7. The highest BCUT2D eigenvalue weighted by Crippen LogP contribution is 2.28. The molecule has 0 aliphatic rings. The van der Waals surface area contributed by atoms with Gasteiger partial charge in [-0.25, -0.2) is 9.97 Å². The van der Waals surface area contributed by atoms with Crippen molar-refractivity contribution in [3.05, 3.63) is 131 Å². The van der Waals surface area contributed by atoms with Crippen molar-refractivity contribution < 1.29 is 10.2 Å². The summed E-state index contributed by atoms with van der Waals surface area (Å²) >= 11 is 11.7. The number of fused-ring (bicyclic) bond motifs is 2. The fourth-order valence-corrected chi connectivity index (χ4v) is 4.67. The highest BCUT2D eigenvalue weighted by atomic mass is 35.5. The topological polar surface area (TPSA) is 128 Å². The Morgan fingerprint density at radius 2 is 0.953 bits per heavy atom. The molecule has 2 aromatic heterocycles. The predicted molar refractivity (Wildman–Crippen MR) is 175 cm³/mol. The summed E-state index contributed by atoms with van der Waals surface area (Å²) in [6.07, 6.45) is 0. The van der Waals surface area contributed by atoms with Gasteiger partial charge in [-0.15, -0.1) is 0 Å². The minimum absolute atomic E-state index is 0.178. The molecule has 216 valence electrons. The number of aromatic hydroxyl groups is 2. The van der Waals surface area contributed by atoms with Crippen LogP contribution in [0.5, 0.6) is 11.5 Å². The maximum atomic E-state index is 9.55.